The molecule has 0 fully saturated rings. The Kier molecular flexibility index (Phi) is 4.58. The highest BCUT2D eigenvalue weighted by Crippen LogP contribution is 2.23. The molecule has 2 N–H and O–H groups in total. The molecule has 1 aromatic heterocycles. The van der Waals surface area contributed by atoms with Crippen LogP contribution in [0.1, 0.15) is 22.8 Å². The monoisotopic (exact) mass is 351 g/mol. The SMILES string of the molecule is Cc1ccc2oc(-c3ccc(C(=O)NC(C)C(=O)O)cc3)cc(=O)c2c1. The van der Waals surface area contributed by atoms with Gasteiger partial charge in [0.15, 0.2) is 5.43 Å². The largest absolute Gasteiger partial charge is 0.480 e. The van der Waals surface area contributed by atoms with Crippen molar-refractivity contribution in [3.8, 4) is 11.3 Å². The topological polar surface area (TPSA) is 96.6 Å². The molecule has 0 spiro atoms. The van der Waals surface area contributed by atoms with Gasteiger partial charge in [0.2, 0.25) is 0 Å². The summed E-state index contributed by atoms with van der Waals surface area (Å²) in [6.07, 6.45) is 0. The van der Waals surface area contributed by atoms with E-state index in [0.29, 0.717) is 27.9 Å². The summed E-state index contributed by atoms with van der Waals surface area (Å²) in [7, 11) is 0. The van der Waals surface area contributed by atoms with Crippen LogP contribution in [0.3, 0.4) is 0 Å². The normalized spacial score (nSPS) is 11.9. The van der Waals surface area contributed by atoms with Crippen molar-refractivity contribution in [3.63, 3.8) is 0 Å². The van der Waals surface area contributed by atoms with E-state index < -0.39 is 17.9 Å². The molecule has 3 rings (SSSR count). The van der Waals surface area contributed by atoms with E-state index in [2.05, 4.69) is 5.32 Å². The van der Waals surface area contributed by atoms with Gasteiger partial charge in [0.05, 0.1) is 5.39 Å². The van der Waals surface area contributed by atoms with E-state index in [9.17, 15) is 14.4 Å². The number of hydrogen-bond acceptors (Lipinski definition) is 4. The van der Waals surface area contributed by atoms with E-state index in [1.54, 1.807) is 36.4 Å². The number of aryl methyl sites for hydroxylation is 1. The molecule has 26 heavy (non-hydrogen) atoms. The molecule has 6 nitrogen and oxygen atoms in total. The second kappa shape index (κ2) is 6.84. The van der Waals surface area contributed by atoms with Crippen molar-refractivity contribution in [2.24, 2.45) is 0 Å². The molecule has 0 bridgehead atoms. The van der Waals surface area contributed by atoms with Crippen LogP contribution >= 0.6 is 0 Å². The van der Waals surface area contributed by atoms with Crippen LogP contribution in [0.4, 0.5) is 0 Å². The minimum absolute atomic E-state index is 0.137. The second-order valence-electron chi connectivity index (χ2n) is 6.09. The number of carboxylic acid groups (broad SMARTS) is 1. The number of hydrogen-bond donors (Lipinski definition) is 2. The maximum atomic E-state index is 12.3. The number of amides is 1. The van der Waals surface area contributed by atoms with Crippen molar-refractivity contribution >= 4 is 22.8 Å². The van der Waals surface area contributed by atoms with Gasteiger partial charge in [0.1, 0.15) is 17.4 Å². The molecule has 1 amide bonds. The number of carbonyl (C=O) groups excluding carboxylic acids is 1. The second-order valence-corrected chi connectivity index (χ2v) is 6.09. The summed E-state index contributed by atoms with van der Waals surface area (Å²) in [6.45, 7) is 3.29. The lowest BCUT2D eigenvalue weighted by Gasteiger charge is -2.09. The van der Waals surface area contributed by atoms with Crippen LogP contribution in [-0.2, 0) is 4.79 Å². The molecule has 0 aliphatic heterocycles. The maximum Gasteiger partial charge on any atom is 0.325 e. The highest BCUT2D eigenvalue weighted by atomic mass is 16.4. The van der Waals surface area contributed by atoms with Crippen molar-refractivity contribution in [2.75, 3.05) is 0 Å². The van der Waals surface area contributed by atoms with Crippen LogP contribution in [0, 0.1) is 6.92 Å². The fourth-order valence-electron chi connectivity index (χ4n) is 2.54. The Morgan fingerprint density at radius 2 is 1.77 bits per heavy atom. The first-order valence-corrected chi connectivity index (χ1v) is 8.04. The fourth-order valence-corrected chi connectivity index (χ4v) is 2.54. The van der Waals surface area contributed by atoms with Crippen LogP contribution < -0.4 is 10.7 Å². The van der Waals surface area contributed by atoms with E-state index in [4.69, 9.17) is 9.52 Å². The van der Waals surface area contributed by atoms with E-state index in [-0.39, 0.29) is 5.43 Å². The third kappa shape index (κ3) is 3.49. The summed E-state index contributed by atoms with van der Waals surface area (Å²) in [4.78, 5) is 35.1. The van der Waals surface area contributed by atoms with Crippen LogP contribution in [0.25, 0.3) is 22.3 Å². The predicted molar refractivity (Wildman–Crippen MR) is 97.2 cm³/mol. The summed E-state index contributed by atoms with van der Waals surface area (Å²) < 4.78 is 5.80. The Morgan fingerprint density at radius 3 is 2.42 bits per heavy atom. The lowest BCUT2D eigenvalue weighted by Crippen LogP contribution is -2.38. The smallest absolute Gasteiger partial charge is 0.325 e. The first-order chi connectivity index (χ1) is 12.3. The number of carbonyl (C=O) groups is 2. The molecular formula is C20H17NO5. The Hall–Kier alpha value is -3.41. The number of nitrogens with one attached hydrogen (secondary N) is 1. The van der Waals surface area contributed by atoms with Crippen molar-refractivity contribution < 1.29 is 19.1 Å². The fraction of sp³-hybridized carbons (Fsp3) is 0.150. The van der Waals surface area contributed by atoms with Crippen LogP contribution in [0.5, 0.6) is 0 Å². The summed E-state index contributed by atoms with van der Waals surface area (Å²) in [5, 5.41) is 11.7. The van der Waals surface area contributed by atoms with Gasteiger partial charge < -0.3 is 14.8 Å². The van der Waals surface area contributed by atoms with Gasteiger partial charge in [-0.15, -0.1) is 0 Å². The molecule has 2 aromatic carbocycles. The molecule has 1 heterocycles. The molecule has 0 saturated carbocycles. The predicted octanol–water partition coefficient (Wildman–Crippen LogP) is 2.97. The lowest BCUT2D eigenvalue weighted by molar-refractivity contribution is -0.138. The number of carboxylic acids is 1. The van der Waals surface area contributed by atoms with Crippen LogP contribution in [0.15, 0.2) is 57.7 Å². The van der Waals surface area contributed by atoms with Crippen LogP contribution in [0.2, 0.25) is 0 Å². The molecular weight excluding hydrogens is 334 g/mol. The molecule has 3 aromatic rings. The van der Waals surface area contributed by atoms with Gasteiger partial charge in [0, 0.05) is 17.2 Å². The van der Waals surface area contributed by atoms with Gasteiger partial charge >= 0.3 is 5.97 Å². The number of rotatable bonds is 4. The molecule has 0 aliphatic carbocycles. The quantitative estimate of drug-likeness (QED) is 0.753. The van der Waals surface area contributed by atoms with Gasteiger partial charge in [-0.2, -0.15) is 0 Å². The Balaban J connectivity index is 1.90. The zero-order valence-corrected chi connectivity index (χ0v) is 14.3. The highest BCUT2D eigenvalue weighted by Gasteiger charge is 2.15. The summed E-state index contributed by atoms with van der Waals surface area (Å²) in [5.41, 5.74) is 2.30. The zero-order valence-electron chi connectivity index (χ0n) is 14.3. The van der Waals surface area contributed by atoms with E-state index >= 15 is 0 Å². The third-order valence-corrected chi connectivity index (χ3v) is 4.03. The molecule has 0 radical (unpaired) electrons. The Morgan fingerprint density at radius 1 is 1.08 bits per heavy atom. The lowest BCUT2D eigenvalue weighted by atomic mass is 10.1. The van der Waals surface area contributed by atoms with Crippen molar-refractivity contribution in [3.05, 3.63) is 69.9 Å². The minimum atomic E-state index is -1.11. The van der Waals surface area contributed by atoms with E-state index in [1.807, 2.05) is 13.0 Å². The van der Waals surface area contributed by atoms with Gasteiger partial charge in [-0.05, 0) is 38.1 Å². The average Bonchev–Trinajstić information content (AvgIpc) is 2.62. The third-order valence-electron chi connectivity index (χ3n) is 4.03. The molecule has 1 unspecified atom stereocenters. The molecule has 132 valence electrons. The zero-order chi connectivity index (χ0) is 18.8. The number of benzene rings is 2. The molecule has 0 aliphatic rings. The molecule has 6 heteroatoms. The Bertz CT molecular complexity index is 1050. The van der Waals surface area contributed by atoms with Gasteiger partial charge in [-0.1, -0.05) is 23.8 Å². The summed E-state index contributed by atoms with van der Waals surface area (Å²) in [5.74, 6) is -1.19. The molecule has 1 atom stereocenters. The number of aliphatic carboxylic acids is 1. The van der Waals surface area contributed by atoms with Crippen LogP contribution in [-0.4, -0.2) is 23.0 Å². The minimum Gasteiger partial charge on any atom is -0.480 e. The van der Waals surface area contributed by atoms with Crippen molar-refractivity contribution in [1.29, 1.82) is 0 Å². The summed E-state index contributed by atoms with van der Waals surface area (Å²) >= 11 is 0. The van der Waals surface area contributed by atoms with Gasteiger partial charge in [-0.25, -0.2) is 0 Å². The Labute approximate surface area is 149 Å². The van der Waals surface area contributed by atoms with Gasteiger partial charge in [0.25, 0.3) is 5.91 Å². The summed E-state index contributed by atoms with van der Waals surface area (Å²) in [6, 6.07) is 12.3. The first kappa shape index (κ1) is 17.4. The highest BCUT2D eigenvalue weighted by molar-refractivity contribution is 5.96. The van der Waals surface area contributed by atoms with Gasteiger partial charge in [-0.3, -0.25) is 14.4 Å². The van der Waals surface area contributed by atoms with Crippen molar-refractivity contribution in [1.82, 2.24) is 5.32 Å². The average molecular weight is 351 g/mol. The van der Waals surface area contributed by atoms with E-state index in [0.717, 1.165) is 5.56 Å². The van der Waals surface area contributed by atoms with E-state index in [1.165, 1.54) is 13.0 Å². The van der Waals surface area contributed by atoms with Crippen molar-refractivity contribution in [2.45, 2.75) is 19.9 Å². The standard InChI is InChI=1S/C20H17NO5/c1-11-3-8-17-15(9-11)16(22)10-18(26-17)13-4-6-14(7-5-13)19(23)21-12(2)20(24)25/h3-10,12H,1-2H3,(H,21,23)(H,24,25). The molecule has 0 saturated heterocycles. The first-order valence-electron chi connectivity index (χ1n) is 8.04. The number of fused-ring (bicyclic) bond motifs is 1. The maximum absolute atomic E-state index is 12.3.